The first-order valence-corrected chi connectivity index (χ1v) is 31.6. The van der Waals surface area contributed by atoms with Crippen LogP contribution < -0.4 is 0 Å². The van der Waals surface area contributed by atoms with Crippen LogP contribution in [0.25, 0.3) is 0 Å². The Morgan fingerprint density at radius 3 is 1.45 bits per heavy atom. The van der Waals surface area contributed by atoms with Crippen LogP contribution >= 0.6 is 0 Å². The molecular weight excluding hydrogens is 1180 g/mol. The fraction of sp³-hybridized carbons (Fsp3) is 0.967. The Labute approximate surface area is 517 Å². The van der Waals surface area contributed by atoms with Crippen LogP contribution in [-0.2, 0) is 47.4 Å². The van der Waals surface area contributed by atoms with E-state index in [-0.39, 0.29) is 35.5 Å². The maximum absolute atomic E-state index is 12.8. The highest BCUT2D eigenvalue weighted by atomic mass is 16.8. The average Bonchev–Trinajstić information content (AvgIpc) is 1.66. The van der Waals surface area contributed by atoms with Crippen molar-refractivity contribution in [2.45, 2.75) is 284 Å². The van der Waals surface area contributed by atoms with Crippen LogP contribution in [-0.4, -0.2) is 308 Å². The maximum atomic E-state index is 12.8. The van der Waals surface area contributed by atoms with E-state index in [9.17, 15) is 97.0 Å². The van der Waals surface area contributed by atoms with Crippen LogP contribution in [0.4, 0.5) is 0 Å². The number of rotatable bonds is 20. The van der Waals surface area contributed by atoms with Gasteiger partial charge in [-0.3, -0.25) is 0 Å². The van der Waals surface area contributed by atoms with Crippen molar-refractivity contribution in [2.75, 3.05) is 33.0 Å². The van der Waals surface area contributed by atoms with E-state index in [1.807, 2.05) is 13.8 Å². The van der Waals surface area contributed by atoms with Gasteiger partial charge in [0.25, 0.3) is 0 Å². The van der Waals surface area contributed by atoms with Gasteiger partial charge < -0.3 is 144 Å². The number of allylic oxidation sites excluding steroid dienone is 1. The van der Waals surface area contributed by atoms with Gasteiger partial charge in [-0.05, 0) is 99.7 Å². The zero-order valence-electron chi connectivity index (χ0n) is 51.8. The lowest BCUT2D eigenvalue weighted by molar-refractivity contribution is -0.380. The molecule has 9 aliphatic rings. The van der Waals surface area contributed by atoms with E-state index in [4.69, 9.17) is 47.4 Å². The third-order valence-corrected chi connectivity index (χ3v) is 22.9. The highest BCUT2D eigenvalue weighted by Crippen LogP contribution is 2.75. The van der Waals surface area contributed by atoms with Crippen LogP contribution in [0.15, 0.2) is 11.6 Å². The highest BCUT2D eigenvalue weighted by molar-refractivity contribution is 5.32. The van der Waals surface area contributed by atoms with Crippen LogP contribution in [0.5, 0.6) is 0 Å². The molecule has 0 unspecified atom stereocenters. The molecule has 0 aromatic rings. The average molecular weight is 1290 g/mol. The SMILES string of the molecule is C[C@H](CC[C@@H](O[C@@H]1O[C@H](CO[C@H]2O[C@@H](CO)[C@H](O)[C@@H](O)[C@@H]2O)[C@@H](O)[C@H](O)[C@H]1O[C@@H]1O[C@H](CO)[C@@H](O)[C@H](O)[C@H]1O)C(C)(C)O)[C@H]1CC[C@@]2(C)[C@@H]3CC=C4[C@@H](CC[C@H](O[C@@H]5O[C@H](CO[C@@H]6O[C@H](CO)[C@@H](O)[C@H](O)[C@H]6O)[C@@H](O)[C@H](O)[C@H]5O)C4(C)C)[C@]3(C)[C@@H](O)C[C@]12C. The summed E-state index contributed by atoms with van der Waals surface area (Å²) in [7, 11) is 0. The fourth-order valence-corrected chi connectivity index (χ4v) is 17.0. The first-order chi connectivity index (χ1) is 41.6. The molecule has 0 aromatic heterocycles. The number of aliphatic hydroxyl groups is 19. The molecule has 8 fully saturated rings. The predicted octanol–water partition coefficient (Wildman–Crippen LogP) is -5.41. The second kappa shape index (κ2) is 27.6. The Balaban J connectivity index is 0.883. The van der Waals surface area contributed by atoms with Crippen molar-refractivity contribution in [3.05, 3.63) is 11.6 Å². The standard InChI is InChI=1S/C60H102O29/c1-23(9-13-35(57(4,5)79)88-55-50(89-54-49(78)43(72)38(67)29(20-63)84-54)45(74)40(69)31(86-55)22-81-52-47(76)42(71)37(66)28(19-62)83-52)24-15-16-58(6)32-12-10-25-26(60(32,8)33(64)17-59(24,58)7)11-14-34(56(25,2)3)87-53-48(77)44(73)39(68)30(85-53)21-80-51-46(75)41(70)36(65)27(18-61)82-51/h10,23-24,26-55,61-79H,9,11-22H2,1-8H3/t23-,24-,26-,27-,28+,29-,30-,31-,32+,33+,34+,35-,36-,37+,38-,39-,40-,41+,42-,43+,44+,45+,46-,47+,48-,49-,50-,51-,52+,53+,54+,55+,58+,59-,60+/m1/s1. The minimum atomic E-state index is -1.96. The molecule has 29 heteroatoms. The second-order valence-electron chi connectivity index (χ2n) is 28.7. The van der Waals surface area contributed by atoms with Crippen molar-refractivity contribution >= 4 is 0 Å². The van der Waals surface area contributed by atoms with Gasteiger partial charge in [0.15, 0.2) is 31.5 Å². The minimum Gasteiger partial charge on any atom is -0.394 e. The highest BCUT2D eigenvalue weighted by Gasteiger charge is 2.70. The first kappa shape index (κ1) is 71.9. The van der Waals surface area contributed by atoms with Gasteiger partial charge in [0, 0.05) is 10.8 Å². The zero-order valence-corrected chi connectivity index (χ0v) is 51.8. The fourth-order valence-electron chi connectivity index (χ4n) is 17.0. The molecule has 0 radical (unpaired) electrons. The summed E-state index contributed by atoms with van der Waals surface area (Å²) in [5, 5.41) is 205. The van der Waals surface area contributed by atoms with E-state index in [1.54, 1.807) is 0 Å². The number of aliphatic hydroxyl groups excluding tert-OH is 18. The molecule has 516 valence electrons. The van der Waals surface area contributed by atoms with Gasteiger partial charge >= 0.3 is 0 Å². The summed E-state index contributed by atoms with van der Waals surface area (Å²) in [5.41, 5.74) is -2.49. The molecule has 5 heterocycles. The van der Waals surface area contributed by atoms with Crippen molar-refractivity contribution in [1.29, 1.82) is 0 Å². The molecule has 89 heavy (non-hydrogen) atoms. The van der Waals surface area contributed by atoms with Crippen LogP contribution in [0, 0.1) is 45.3 Å². The molecular formula is C60H102O29. The summed E-state index contributed by atoms with van der Waals surface area (Å²) in [6.07, 6.45) is -37.4. The molecule has 0 spiro atoms. The van der Waals surface area contributed by atoms with Gasteiger partial charge in [-0.25, -0.2) is 0 Å². The Morgan fingerprint density at radius 2 is 0.955 bits per heavy atom. The third kappa shape index (κ3) is 13.1. The summed E-state index contributed by atoms with van der Waals surface area (Å²) in [6, 6.07) is 0. The van der Waals surface area contributed by atoms with Gasteiger partial charge in [-0.1, -0.05) is 53.2 Å². The van der Waals surface area contributed by atoms with E-state index in [2.05, 4.69) is 33.8 Å². The van der Waals surface area contributed by atoms with Crippen molar-refractivity contribution in [3.63, 3.8) is 0 Å². The van der Waals surface area contributed by atoms with Crippen LogP contribution in [0.1, 0.15) is 107 Å². The monoisotopic (exact) mass is 1290 g/mol. The second-order valence-corrected chi connectivity index (χ2v) is 28.7. The molecule has 19 N–H and O–H groups in total. The summed E-state index contributed by atoms with van der Waals surface area (Å²) in [4.78, 5) is 0. The lowest BCUT2D eigenvalue weighted by atomic mass is 9.38. The molecule has 29 nitrogen and oxygen atoms in total. The number of fused-ring (bicyclic) bond motifs is 5. The van der Waals surface area contributed by atoms with Gasteiger partial charge in [-0.2, -0.15) is 0 Å². The number of ether oxygens (including phenoxy) is 10. The predicted molar refractivity (Wildman–Crippen MR) is 300 cm³/mol. The topological polar surface area (TPSA) is 477 Å². The van der Waals surface area contributed by atoms with Gasteiger partial charge in [0.2, 0.25) is 0 Å². The van der Waals surface area contributed by atoms with E-state index in [1.165, 1.54) is 13.8 Å². The number of hydrogen-bond acceptors (Lipinski definition) is 29. The maximum Gasteiger partial charge on any atom is 0.187 e. The van der Waals surface area contributed by atoms with Crippen LogP contribution in [0.3, 0.4) is 0 Å². The largest absolute Gasteiger partial charge is 0.394 e. The quantitative estimate of drug-likeness (QED) is 0.0506. The minimum absolute atomic E-state index is 0.0310. The molecule has 0 aromatic carbocycles. The van der Waals surface area contributed by atoms with Crippen molar-refractivity contribution in [1.82, 2.24) is 0 Å². The van der Waals surface area contributed by atoms with Crippen LogP contribution in [0.2, 0.25) is 0 Å². The Kier molecular flexibility index (Phi) is 22.3. The van der Waals surface area contributed by atoms with E-state index < -0.39 is 227 Å². The summed E-state index contributed by atoms with van der Waals surface area (Å²) < 4.78 is 59.3. The Hall–Kier alpha value is -1.42. The smallest absolute Gasteiger partial charge is 0.187 e. The van der Waals surface area contributed by atoms with Gasteiger partial charge in [-0.15, -0.1) is 0 Å². The molecule has 3 saturated carbocycles. The first-order valence-electron chi connectivity index (χ1n) is 31.6. The molecule has 5 saturated heterocycles. The van der Waals surface area contributed by atoms with Crippen molar-refractivity contribution in [3.8, 4) is 0 Å². The molecule has 5 aliphatic heterocycles. The lowest BCUT2D eigenvalue weighted by Crippen LogP contribution is -2.65. The van der Waals surface area contributed by atoms with Gasteiger partial charge in [0.05, 0.1) is 56.9 Å². The summed E-state index contributed by atoms with van der Waals surface area (Å²) in [6.45, 7) is 12.6. The normalized spacial score (nSPS) is 51.8. The Bertz CT molecular complexity index is 2340. The van der Waals surface area contributed by atoms with Gasteiger partial charge in [0.1, 0.15) is 122 Å². The molecule has 0 amide bonds. The molecule has 0 bridgehead atoms. The van der Waals surface area contributed by atoms with Crippen molar-refractivity contribution < 1.29 is 144 Å². The third-order valence-electron chi connectivity index (χ3n) is 22.9. The number of hydrogen-bond donors (Lipinski definition) is 19. The van der Waals surface area contributed by atoms with E-state index >= 15 is 0 Å². The summed E-state index contributed by atoms with van der Waals surface area (Å²) >= 11 is 0. The molecule has 35 atom stereocenters. The Morgan fingerprint density at radius 1 is 0.517 bits per heavy atom. The van der Waals surface area contributed by atoms with E-state index in [0.717, 1.165) is 18.4 Å². The van der Waals surface area contributed by atoms with E-state index in [0.29, 0.717) is 32.1 Å². The lowest BCUT2D eigenvalue weighted by Gasteiger charge is -2.67. The zero-order chi connectivity index (χ0) is 65.5. The van der Waals surface area contributed by atoms with Crippen molar-refractivity contribution in [2.24, 2.45) is 45.3 Å². The summed E-state index contributed by atoms with van der Waals surface area (Å²) in [5.74, 6) is -0.0172. The molecule has 4 aliphatic carbocycles. The molecule has 9 rings (SSSR count).